The predicted octanol–water partition coefficient (Wildman–Crippen LogP) is 1.72. The number of quaternary nitrogens is 2. The first kappa shape index (κ1) is 11.6. The van der Waals surface area contributed by atoms with E-state index in [4.69, 9.17) is 0 Å². The molecule has 1 aromatic carbocycles. The van der Waals surface area contributed by atoms with Gasteiger partial charge in [-0.2, -0.15) is 0 Å². The minimum Gasteiger partial charge on any atom is -0.319 e. The number of hydrogen-bond donors (Lipinski definition) is 0. The molecule has 0 saturated carbocycles. The van der Waals surface area contributed by atoms with Gasteiger partial charge in [-0.05, 0) is 0 Å². The van der Waals surface area contributed by atoms with Gasteiger partial charge in [-0.15, -0.1) is 0 Å². The second kappa shape index (κ2) is 4.19. The lowest BCUT2D eigenvalue weighted by atomic mass is 10.1. The third kappa shape index (κ3) is 2.83. The van der Waals surface area contributed by atoms with Crippen molar-refractivity contribution in [3.05, 3.63) is 35.9 Å². The van der Waals surface area contributed by atoms with Crippen LogP contribution in [0.2, 0.25) is 0 Å². The van der Waals surface area contributed by atoms with Gasteiger partial charge in [0.05, 0.1) is 21.1 Å². The number of piperazine rings is 1. The maximum absolute atomic E-state index is 2.40. The molecular weight excluding hydrogens is 196 g/mol. The van der Waals surface area contributed by atoms with Crippen LogP contribution in [0.25, 0.3) is 0 Å². The van der Waals surface area contributed by atoms with Crippen LogP contribution in [0.1, 0.15) is 5.56 Å². The smallest absolute Gasteiger partial charge is 0.129 e. The van der Waals surface area contributed by atoms with Crippen LogP contribution < -0.4 is 0 Å². The summed E-state index contributed by atoms with van der Waals surface area (Å²) in [5.41, 5.74) is 1.47. The van der Waals surface area contributed by atoms with Crippen LogP contribution in [0.15, 0.2) is 30.3 Å². The number of rotatable bonds is 2. The van der Waals surface area contributed by atoms with E-state index in [-0.39, 0.29) is 0 Å². The minimum absolute atomic E-state index is 1.18. The highest BCUT2D eigenvalue weighted by Crippen LogP contribution is 2.17. The maximum Gasteiger partial charge on any atom is 0.129 e. The Morgan fingerprint density at radius 1 is 0.875 bits per heavy atom. The fraction of sp³-hybridized carbons (Fsp3) is 0.571. The molecular formula is C14H24N2+2. The van der Waals surface area contributed by atoms with Gasteiger partial charge in [-0.1, -0.05) is 30.3 Å². The van der Waals surface area contributed by atoms with Gasteiger partial charge in [0.2, 0.25) is 0 Å². The number of likely N-dealkylation sites (N-methyl/N-ethyl adjacent to an activating group) is 2. The highest BCUT2D eigenvalue weighted by molar-refractivity contribution is 5.13. The first-order valence-corrected chi connectivity index (χ1v) is 6.19. The van der Waals surface area contributed by atoms with Gasteiger partial charge in [0, 0.05) is 5.56 Å². The van der Waals surface area contributed by atoms with Crippen molar-refractivity contribution >= 4 is 0 Å². The summed E-state index contributed by atoms with van der Waals surface area (Å²) < 4.78 is 2.38. The van der Waals surface area contributed by atoms with E-state index in [0.29, 0.717) is 0 Å². The molecule has 1 aromatic rings. The first-order chi connectivity index (χ1) is 7.49. The molecule has 0 unspecified atom stereocenters. The lowest BCUT2D eigenvalue weighted by Gasteiger charge is -2.44. The van der Waals surface area contributed by atoms with Gasteiger partial charge in [-0.25, -0.2) is 0 Å². The normalized spacial score (nSPS) is 22.9. The first-order valence-electron chi connectivity index (χ1n) is 6.19. The Kier molecular flexibility index (Phi) is 3.04. The molecule has 0 spiro atoms. The molecule has 1 fully saturated rings. The van der Waals surface area contributed by atoms with Crippen molar-refractivity contribution in [1.29, 1.82) is 0 Å². The van der Waals surface area contributed by atoms with E-state index in [1.165, 1.54) is 47.3 Å². The van der Waals surface area contributed by atoms with Crippen molar-refractivity contribution in [3.8, 4) is 0 Å². The molecule has 1 aliphatic heterocycles. The topological polar surface area (TPSA) is 0 Å². The summed E-state index contributed by atoms with van der Waals surface area (Å²) in [6.07, 6.45) is 0. The number of hydrogen-bond acceptors (Lipinski definition) is 0. The summed E-state index contributed by atoms with van der Waals surface area (Å²) in [5.74, 6) is 0. The lowest BCUT2D eigenvalue weighted by Crippen LogP contribution is -2.61. The molecule has 2 nitrogen and oxygen atoms in total. The molecule has 2 heteroatoms. The van der Waals surface area contributed by atoms with Gasteiger partial charge in [0.15, 0.2) is 0 Å². The van der Waals surface area contributed by atoms with Gasteiger partial charge in [-0.3, -0.25) is 0 Å². The maximum atomic E-state index is 2.40. The van der Waals surface area contributed by atoms with Crippen molar-refractivity contribution < 1.29 is 8.97 Å². The van der Waals surface area contributed by atoms with Crippen molar-refractivity contribution in [2.45, 2.75) is 6.54 Å². The second-order valence-corrected chi connectivity index (χ2v) is 6.09. The van der Waals surface area contributed by atoms with Crippen LogP contribution in [0.5, 0.6) is 0 Å². The van der Waals surface area contributed by atoms with Crippen LogP contribution in [0.3, 0.4) is 0 Å². The van der Waals surface area contributed by atoms with Gasteiger partial charge < -0.3 is 8.97 Å². The van der Waals surface area contributed by atoms with Gasteiger partial charge in [0.25, 0.3) is 0 Å². The number of benzene rings is 1. The zero-order valence-corrected chi connectivity index (χ0v) is 10.8. The zero-order chi connectivity index (χ0) is 11.6. The largest absolute Gasteiger partial charge is 0.319 e. The third-order valence-electron chi connectivity index (χ3n) is 3.90. The Bertz CT molecular complexity index is 333. The monoisotopic (exact) mass is 220 g/mol. The van der Waals surface area contributed by atoms with Crippen molar-refractivity contribution in [2.75, 3.05) is 47.3 Å². The van der Waals surface area contributed by atoms with Crippen LogP contribution in [-0.2, 0) is 6.54 Å². The fourth-order valence-corrected chi connectivity index (χ4v) is 2.43. The molecule has 2 rings (SSSR count). The Labute approximate surface area is 99.3 Å². The van der Waals surface area contributed by atoms with Crippen LogP contribution in [0, 0.1) is 0 Å². The highest BCUT2D eigenvalue weighted by atomic mass is 15.4. The van der Waals surface area contributed by atoms with E-state index in [2.05, 4.69) is 51.5 Å². The third-order valence-corrected chi connectivity index (χ3v) is 3.90. The standard InChI is InChI=1S/C14H24N2/c1-15(2)9-11-16(3,12-10-15)13-14-7-5-4-6-8-14/h4-8H,9-13H2,1-3H3/q+2. The second-order valence-electron chi connectivity index (χ2n) is 6.09. The van der Waals surface area contributed by atoms with Crippen molar-refractivity contribution in [1.82, 2.24) is 0 Å². The lowest BCUT2D eigenvalue weighted by molar-refractivity contribution is -1.01. The molecule has 0 bridgehead atoms. The Morgan fingerprint density at radius 3 is 2.00 bits per heavy atom. The summed E-state index contributed by atoms with van der Waals surface area (Å²) in [6, 6.07) is 10.9. The average molecular weight is 220 g/mol. The average Bonchev–Trinajstić information content (AvgIpc) is 2.25. The van der Waals surface area contributed by atoms with Gasteiger partial charge >= 0.3 is 0 Å². The zero-order valence-electron chi connectivity index (χ0n) is 10.8. The summed E-state index contributed by atoms with van der Waals surface area (Å²) in [4.78, 5) is 0. The Morgan fingerprint density at radius 2 is 1.44 bits per heavy atom. The molecule has 1 saturated heterocycles. The molecule has 0 radical (unpaired) electrons. The predicted molar refractivity (Wildman–Crippen MR) is 67.9 cm³/mol. The fourth-order valence-electron chi connectivity index (χ4n) is 2.43. The van der Waals surface area contributed by atoms with Crippen molar-refractivity contribution in [3.63, 3.8) is 0 Å². The molecule has 1 heterocycles. The summed E-state index contributed by atoms with van der Waals surface area (Å²) >= 11 is 0. The van der Waals surface area contributed by atoms with Crippen LogP contribution >= 0.6 is 0 Å². The minimum atomic E-state index is 1.18. The Balaban J connectivity index is 2.00. The molecule has 0 atom stereocenters. The van der Waals surface area contributed by atoms with E-state index >= 15 is 0 Å². The molecule has 0 aromatic heterocycles. The highest BCUT2D eigenvalue weighted by Gasteiger charge is 2.34. The molecule has 16 heavy (non-hydrogen) atoms. The molecule has 0 amide bonds. The molecule has 1 aliphatic rings. The van der Waals surface area contributed by atoms with Crippen LogP contribution in [0.4, 0.5) is 0 Å². The van der Waals surface area contributed by atoms with E-state index in [1.807, 2.05) is 0 Å². The van der Waals surface area contributed by atoms with E-state index < -0.39 is 0 Å². The summed E-state index contributed by atoms with van der Waals surface area (Å²) in [5, 5.41) is 0. The quantitative estimate of drug-likeness (QED) is 0.666. The molecule has 88 valence electrons. The summed E-state index contributed by atoms with van der Waals surface area (Å²) in [6.45, 7) is 6.36. The van der Waals surface area contributed by atoms with E-state index in [0.717, 1.165) is 0 Å². The van der Waals surface area contributed by atoms with Crippen molar-refractivity contribution in [2.24, 2.45) is 0 Å². The molecule has 0 N–H and O–H groups in total. The van der Waals surface area contributed by atoms with E-state index in [1.54, 1.807) is 0 Å². The summed E-state index contributed by atoms with van der Waals surface area (Å²) in [7, 11) is 7.07. The Hall–Kier alpha value is -0.860. The van der Waals surface area contributed by atoms with Gasteiger partial charge in [0.1, 0.15) is 32.7 Å². The number of nitrogens with zero attached hydrogens (tertiary/aromatic N) is 2. The van der Waals surface area contributed by atoms with Crippen LogP contribution in [-0.4, -0.2) is 56.3 Å². The molecule has 0 aliphatic carbocycles. The SMILES string of the molecule is C[N+]1(C)CC[N+](C)(Cc2ccccc2)CC1. The van der Waals surface area contributed by atoms with E-state index in [9.17, 15) is 0 Å².